The average Bonchev–Trinajstić information content (AvgIpc) is 2.51. The Kier molecular flexibility index (Phi) is 4.38. The van der Waals surface area contributed by atoms with Crippen molar-refractivity contribution in [3.05, 3.63) is 20.8 Å². The van der Waals surface area contributed by atoms with E-state index in [-0.39, 0.29) is 12.6 Å². The third kappa shape index (κ3) is 3.38. The van der Waals surface area contributed by atoms with Gasteiger partial charge in [-0.25, -0.2) is 0 Å². The Morgan fingerprint density at radius 1 is 1.54 bits per heavy atom. The van der Waals surface area contributed by atoms with Crippen molar-refractivity contribution >= 4 is 27.3 Å². The second-order valence-corrected chi connectivity index (χ2v) is 5.61. The first-order valence-electron chi connectivity index (χ1n) is 4.25. The van der Waals surface area contributed by atoms with E-state index in [1.807, 2.05) is 13.0 Å². The Morgan fingerprint density at radius 3 is 2.69 bits per heavy atom. The molecule has 2 N–H and O–H groups in total. The SMILES string of the molecule is CC(CO)NC(C)c1ccc(Br)s1. The Hall–Kier alpha value is 0.1000. The van der Waals surface area contributed by atoms with Gasteiger partial charge in [0.1, 0.15) is 0 Å². The molecule has 2 nitrogen and oxygen atoms in total. The third-order valence-electron chi connectivity index (χ3n) is 1.83. The highest BCUT2D eigenvalue weighted by Gasteiger charge is 2.10. The summed E-state index contributed by atoms with van der Waals surface area (Å²) in [5.41, 5.74) is 0. The van der Waals surface area contributed by atoms with E-state index >= 15 is 0 Å². The summed E-state index contributed by atoms with van der Waals surface area (Å²) >= 11 is 5.15. The molecular formula is C9H14BrNOS. The van der Waals surface area contributed by atoms with E-state index in [0.29, 0.717) is 6.04 Å². The lowest BCUT2D eigenvalue weighted by molar-refractivity contribution is 0.243. The minimum Gasteiger partial charge on any atom is -0.395 e. The van der Waals surface area contributed by atoms with Gasteiger partial charge in [-0.15, -0.1) is 11.3 Å². The molecule has 74 valence electrons. The molecule has 0 aliphatic rings. The first-order chi connectivity index (χ1) is 6.13. The van der Waals surface area contributed by atoms with Crippen LogP contribution in [0.25, 0.3) is 0 Å². The molecule has 0 saturated heterocycles. The molecule has 0 amide bonds. The predicted octanol–water partition coefficient (Wildman–Crippen LogP) is 2.54. The van der Waals surface area contributed by atoms with Gasteiger partial charge in [-0.2, -0.15) is 0 Å². The van der Waals surface area contributed by atoms with E-state index in [9.17, 15) is 0 Å². The normalized spacial score (nSPS) is 15.7. The number of thiophene rings is 1. The smallest absolute Gasteiger partial charge is 0.0701 e. The molecular weight excluding hydrogens is 250 g/mol. The standard InChI is InChI=1S/C9H14BrNOS/c1-6(5-12)11-7(2)8-3-4-9(10)13-8/h3-4,6-7,11-12H,5H2,1-2H3. The first kappa shape index (κ1) is 11.2. The number of aliphatic hydroxyl groups excluding tert-OH is 1. The molecule has 0 bridgehead atoms. The van der Waals surface area contributed by atoms with E-state index in [2.05, 4.69) is 34.2 Å². The Bertz CT molecular complexity index is 264. The fourth-order valence-corrected chi connectivity index (χ4v) is 2.56. The second kappa shape index (κ2) is 5.10. The monoisotopic (exact) mass is 263 g/mol. The highest BCUT2D eigenvalue weighted by atomic mass is 79.9. The van der Waals surface area contributed by atoms with Crippen molar-refractivity contribution in [2.24, 2.45) is 0 Å². The topological polar surface area (TPSA) is 32.3 Å². The van der Waals surface area contributed by atoms with Crippen molar-refractivity contribution in [3.8, 4) is 0 Å². The van der Waals surface area contributed by atoms with Crippen molar-refractivity contribution in [1.82, 2.24) is 5.32 Å². The molecule has 0 aliphatic carbocycles. The minimum atomic E-state index is 0.149. The van der Waals surface area contributed by atoms with E-state index < -0.39 is 0 Å². The molecule has 0 saturated carbocycles. The zero-order valence-electron chi connectivity index (χ0n) is 7.75. The van der Waals surface area contributed by atoms with Gasteiger partial charge in [0.2, 0.25) is 0 Å². The van der Waals surface area contributed by atoms with Gasteiger partial charge in [-0.05, 0) is 41.9 Å². The molecule has 0 fully saturated rings. The highest BCUT2D eigenvalue weighted by Crippen LogP contribution is 2.27. The van der Waals surface area contributed by atoms with Crippen LogP contribution in [0.5, 0.6) is 0 Å². The first-order valence-corrected chi connectivity index (χ1v) is 5.86. The molecule has 0 spiro atoms. The van der Waals surface area contributed by atoms with Crippen LogP contribution < -0.4 is 5.32 Å². The fraction of sp³-hybridized carbons (Fsp3) is 0.556. The molecule has 13 heavy (non-hydrogen) atoms. The van der Waals surface area contributed by atoms with Crippen molar-refractivity contribution in [2.45, 2.75) is 25.9 Å². The molecule has 4 heteroatoms. The third-order valence-corrected chi connectivity index (χ3v) is 3.64. The Labute approximate surface area is 91.1 Å². The summed E-state index contributed by atoms with van der Waals surface area (Å²) in [7, 11) is 0. The van der Waals surface area contributed by atoms with Crippen molar-refractivity contribution in [1.29, 1.82) is 0 Å². The van der Waals surface area contributed by atoms with E-state index in [1.165, 1.54) is 4.88 Å². The molecule has 0 aliphatic heterocycles. The van der Waals surface area contributed by atoms with Gasteiger partial charge in [0.25, 0.3) is 0 Å². The maximum atomic E-state index is 8.87. The molecule has 2 atom stereocenters. The molecule has 2 unspecified atom stereocenters. The second-order valence-electron chi connectivity index (χ2n) is 3.11. The summed E-state index contributed by atoms with van der Waals surface area (Å²) in [5.74, 6) is 0. The van der Waals surface area contributed by atoms with Gasteiger partial charge < -0.3 is 10.4 Å². The van der Waals surface area contributed by atoms with E-state index in [0.717, 1.165) is 3.79 Å². The Morgan fingerprint density at radius 2 is 2.23 bits per heavy atom. The van der Waals surface area contributed by atoms with Crippen molar-refractivity contribution in [3.63, 3.8) is 0 Å². The van der Waals surface area contributed by atoms with Gasteiger partial charge >= 0.3 is 0 Å². The van der Waals surface area contributed by atoms with Gasteiger partial charge in [0.15, 0.2) is 0 Å². The minimum absolute atomic E-state index is 0.149. The quantitative estimate of drug-likeness (QED) is 0.876. The molecule has 0 aromatic carbocycles. The summed E-state index contributed by atoms with van der Waals surface area (Å²) in [6.07, 6.45) is 0. The van der Waals surface area contributed by atoms with Gasteiger partial charge in [-0.3, -0.25) is 0 Å². The Balaban J connectivity index is 2.53. The van der Waals surface area contributed by atoms with Gasteiger partial charge in [0, 0.05) is 17.0 Å². The van der Waals surface area contributed by atoms with Crippen LogP contribution in [0.1, 0.15) is 24.8 Å². The maximum absolute atomic E-state index is 8.87. The lowest BCUT2D eigenvalue weighted by atomic mass is 10.2. The van der Waals surface area contributed by atoms with Crippen molar-refractivity contribution < 1.29 is 5.11 Å². The van der Waals surface area contributed by atoms with Crippen LogP contribution in [-0.4, -0.2) is 17.8 Å². The molecule has 1 rings (SSSR count). The largest absolute Gasteiger partial charge is 0.395 e. The number of hydrogen-bond donors (Lipinski definition) is 2. The van der Waals surface area contributed by atoms with Crippen LogP contribution in [0.2, 0.25) is 0 Å². The maximum Gasteiger partial charge on any atom is 0.0701 e. The summed E-state index contributed by atoms with van der Waals surface area (Å²) in [5, 5.41) is 12.2. The number of aliphatic hydroxyl groups is 1. The predicted molar refractivity (Wildman–Crippen MR) is 60.1 cm³/mol. The van der Waals surface area contributed by atoms with Crippen LogP contribution in [0, 0.1) is 0 Å². The molecule has 0 radical (unpaired) electrons. The van der Waals surface area contributed by atoms with Crippen LogP contribution in [0.15, 0.2) is 15.9 Å². The van der Waals surface area contributed by atoms with Crippen LogP contribution in [0.4, 0.5) is 0 Å². The number of hydrogen-bond acceptors (Lipinski definition) is 3. The lowest BCUT2D eigenvalue weighted by Gasteiger charge is -2.16. The van der Waals surface area contributed by atoms with Crippen molar-refractivity contribution in [2.75, 3.05) is 6.61 Å². The number of halogens is 1. The lowest BCUT2D eigenvalue weighted by Crippen LogP contribution is -2.31. The van der Waals surface area contributed by atoms with Gasteiger partial charge in [0.05, 0.1) is 10.4 Å². The fourth-order valence-electron chi connectivity index (χ4n) is 1.12. The average molecular weight is 264 g/mol. The van der Waals surface area contributed by atoms with E-state index in [1.54, 1.807) is 11.3 Å². The van der Waals surface area contributed by atoms with Gasteiger partial charge in [-0.1, -0.05) is 0 Å². The van der Waals surface area contributed by atoms with Crippen LogP contribution in [-0.2, 0) is 0 Å². The summed E-state index contributed by atoms with van der Waals surface area (Å²) in [6, 6.07) is 4.59. The molecule has 1 aromatic rings. The zero-order chi connectivity index (χ0) is 9.84. The van der Waals surface area contributed by atoms with Crippen LogP contribution >= 0.6 is 27.3 Å². The summed E-state index contributed by atoms with van der Waals surface area (Å²) in [6.45, 7) is 4.25. The molecule has 1 heterocycles. The number of rotatable bonds is 4. The summed E-state index contributed by atoms with van der Waals surface area (Å²) < 4.78 is 1.15. The zero-order valence-corrected chi connectivity index (χ0v) is 10.2. The van der Waals surface area contributed by atoms with Crippen LogP contribution in [0.3, 0.4) is 0 Å². The molecule has 1 aromatic heterocycles. The van der Waals surface area contributed by atoms with E-state index in [4.69, 9.17) is 5.11 Å². The summed E-state index contributed by atoms with van der Waals surface area (Å²) in [4.78, 5) is 1.28. The highest BCUT2D eigenvalue weighted by molar-refractivity contribution is 9.11. The number of nitrogens with one attached hydrogen (secondary N) is 1.